The van der Waals surface area contributed by atoms with Gasteiger partial charge in [0, 0.05) is 38.1 Å². The first-order chi connectivity index (χ1) is 21.1. The normalized spacial score (nSPS) is 16.3. The quantitative estimate of drug-likeness (QED) is 0.177. The van der Waals surface area contributed by atoms with Crippen molar-refractivity contribution in [1.29, 1.82) is 5.26 Å². The second kappa shape index (κ2) is 13.1. The summed E-state index contributed by atoms with van der Waals surface area (Å²) in [4.78, 5) is 34.1. The van der Waals surface area contributed by atoms with Gasteiger partial charge in [0.15, 0.2) is 0 Å². The Morgan fingerprint density at radius 3 is 2.80 bits per heavy atom. The number of aliphatic hydroxyl groups excluding tert-OH is 1. The molecule has 0 aliphatic carbocycles. The van der Waals surface area contributed by atoms with Crippen molar-refractivity contribution in [2.24, 2.45) is 5.41 Å². The number of thiophene rings is 1. The van der Waals surface area contributed by atoms with Gasteiger partial charge in [-0.15, -0.1) is 11.3 Å². The Kier molecular flexibility index (Phi) is 9.29. The molecule has 0 saturated carbocycles. The molecule has 5 rings (SSSR count). The van der Waals surface area contributed by atoms with Crippen LogP contribution in [0.4, 0.5) is 5.95 Å². The van der Waals surface area contributed by atoms with E-state index in [4.69, 9.17) is 4.98 Å². The molecule has 11 nitrogen and oxygen atoms in total. The zero-order chi connectivity index (χ0) is 31.4. The average Bonchev–Trinajstić information content (AvgIpc) is 3.81. The second-order valence-electron chi connectivity index (χ2n) is 12.2. The van der Waals surface area contributed by atoms with E-state index < -0.39 is 0 Å². The molecule has 2 amide bonds. The first-order valence-corrected chi connectivity index (χ1v) is 15.6. The highest BCUT2D eigenvalue weighted by molar-refractivity contribution is 7.16. The SMILES string of the molecule is CC(CO)NCc1ccc2c(c1)nc(NC(=O)c1ccc(-n3cccn3)s1)n2CC1CCCN1C(=O)C(C#N)=CC(C)(C)C. The van der Waals surface area contributed by atoms with Crippen LogP contribution in [0, 0.1) is 16.7 Å². The molecule has 1 aliphatic heterocycles. The van der Waals surface area contributed by atoms with E-state index in [1.807, 2.05) is 68.8 Å². The van der Waals surface area contributed by atoms with Crippen LogP contribution in [0.25, 0.3) is 16.0 Å². The fourth-order valence-corrected chi connectivity index (χ4v) is 6.13. The van der Waals surface area contributed by atoms with Gasteiger partial charge in [0.25, 0.3) is 11.8 Å². The molecule has 0 radical (unpaired) electrons. The van der Waals surface area contributed by atoms with Crippen molar-refractivity contribution in [3.63, 3.8) is 0 Å². The summed E-state index contributed by atoms with van der Waals surface area (Å²) in [5.74, 6) is -0.170. The number of carbonyl (C=O) groups is 2. The van der Waals surface area contributed by atoms with Crippen molar-refractivity contribution in [3.8, 4) is 11.1 Å². The fourth-order valence-electron chi connectivity index (χ4n) is 5.29. The van der Waals surface area contributed by atoms with Crippen LogP contribution in [0.3, 0.4) is 0 Å². The third-order valence-corrected chi connectivity index (χ3v) is 8.55. The average molecular weight is 615 g/mol. The Hall–Kier alpha value is -4.31. The van der Waals surface area contributed by atoms with Gasteiger partial charge < -0.3 is 19.9 Å². The van der Waals surface area contributed by atoms with Crippen molar-refractivity contribution in [2.75, 3.05) is 18.5 Å². The molecule has 3 N–H and O–H groups in total. The minimum Gasteiger partial charge on any atom is -0.395 e. The number of amides is 2. The maximum Gasteiger partial charge on any atom is 0.268 e. The van der Waals surface area contributed by atoms with Crippen molar-refractivity contribution >= 4 is 40.1 Å². The Balaban J connectivity index is 1.45. The van der Waals surface area contributed by atoms with E-state index in [1.165, 1.54) is 11.3 Å². The van der Waals surface area contributed by atoms with Gasteiger partial charge in [-0.3, -0.25) is 14.9 Å². The fraction of sp³-hybridized carbons (Fsp3) is 0.406. The highest BCUT2D eigenvalue weighted by atomic mass is 32.1. The maximum atomic E-state index is 13.5. The topological polar surface area (TPSA) is 141 Å². The van der Waals surface area contributed by atoms with Crippen LogP contribution < -0.4 is 10.6 Å². The summed E-state index contributed by atoms with van der Waals surface area (Å²) in [6.45, 7) is 9.36. The lowest BCUT2D eigenvalue weighted by Gasteiger charge is -2.26. The van der Waals surface area contributed by atoms with E-state index in [0.29, 0.717) is 36.0 Å². The molecule has 2 unspecified atom stereocenters. The highest BCUT2D eigenvalue weighted by Gasteiger charge is 2.32. The predicted octanol–water partition coefficient (Wildman–Crippen LogP) is 4.49. The summed E-state index contributed by atoms with van der Waals surface area (Å²) >= 11 is 1.32. The first kappa shape index (κ1) is 31.1. The summed E-state index contributed by atoms with van der Waals surface area (Å²) in [5, 5.41) is 30.5. The molecular weight excluding hydrogens is 576 g/mol. The number of anilines is 1. The Morgan fingerprint density at radius 1 is 1.27 bits per heavy atom. The molecule has 0 bridgehead atoms. The van der Waals surface area contributed by atoms with Gasteiger partial charge >= 0.3 is 0 Å². The van der Waals surface area contributed by atoms with Crippen LogP contribution in [-0.4, -0.2) is 66.4 Å². The van der Waals surface area contributed by atoms with Crippen molar-refractivity contribution in [2.45, 2.75) is 65.7 Å². The summed E-state index contributed by atoms with van der Waals surface area (Å²) in [6.07, 6.45) is 6.83. The van der Waals surface area contributed by atoms with E-state index in [2.05, 4.69) is 21.8 Å². The summed E-state index contributed by atoms with van der Waals surface area (Å²) < 4.78 is 3.66. The minimum absolute atomic E-state index is 0.0347. The van der Waals surface area contributed by atoms with Crippen LogP contribution in [0.2, 0.25) is 0 Å². The lowest BCUT2D eigenvalue weighted by molar-refractivity contribution is -0.127. The van der Waals surface area contributed by atoms with Gasteiger partial charge in [0.05, 0.1) is 28.6 Å². The molecule has 230 valence electrons. The zero-order valence-electron chi connectivity index (χ0n) is 25.4. The molecule has 3 aromatic heterocycles. The van der Waals surface area contributed by atoms with Crippen LogP contribution in [0.5, 0.6) is 0 Å². The second-order valence-corrected chi connectivity index (χ2v) is 13.3. The van der Waals surface area contributed by atoms with Crippen molar-refractivity contribution < 1.29 is 14.7 Å². The number of likely N-dealkylation sites (tertiary alicyclic amines) is 1. The molecule has 4 aromatic rings. The van der Waals surface area contributed by atoms with Gasteiger partial charge in [0.2, 0.25) is 5.95 Å². The van der Waals surface area contributed by atoms with E-state index in [9.17, 15) is 20.0 Å². The van der Waals surface area contributed by atoms with Gasteiger partial charge in [-0.1, -0.05) is 32.9 Å². The molecular formula is C32H38N8O3S. The number of benzene rings is 1. The Labute approximate surface area is 260 Å². The molecule has 1 aromatic carbocycles. The third-order valence-electron chi connectivity index (χ3n) is 7.47. The number of imidazole rings is 1. The number of hydrogen-bond acceptors (Lipinski definition) is 8. The van der Waals surface area contributed by atoms with E-state index in [1.54, 1.807) is 27.9 Å². The number of rotatable bonds is 10. The van der Waals surface area contributed by atoms with Crippen LogP contribution in [0.15, 0.2) is 60.4 Å². The number of allylic oxidation sites excluding steroid dienone is 1. The lowest BCUT2D eigenvalue weighted by Crippen LogP contribution is -2.39. The molecule has 12 heteroatoms. The number of fused-ring (bicyclic) bond motifs is 1. The smallest absolute Gasteiger partial charge is 0.268 e. The third kappa shape index (κ3) is 7.07. The van der Waals surface area contributed by atoms with Gasteiger partial charge in [0.1, 0.15) is 16.6 Å². The van der Waals surface area contributed by atoms with E-state index in [0.717, 1.165) is 28.9 Å². The monoisotopic (exact) mass is 614 g/mol. The zero-order valence-corrected chi connectivity index (χ0v) is 26.3. The van der Waals surface area contributed by atoms with Gasteiger partial charge in [-0.25, -0.2) is 9.67 Å². The standard InChI is InChI=1S/C32H38N8O3S/c1-21(20-41)34-18-22-8-9-26-25(15-22)36-31(37-29(42)27-10-11-28(44-27)40-14-6-12-35-40)39(26)19-24-7-5-13-38(24)30(43)23(17-33)16-32(2,3)4/h6,8-12,14-16,21,24,34,41H,5,7,13,18-20H2,1-4H3,(H,36,37,42). The highest BCUT2D eigenvalue weighted by Crippen LogP contribution is 2.29. The van der Waals surface area contributed by atoms with E-state index >= 15 is 0 Å². The number of aromatic nitrogens is 4. The molecule has 2 atom stereocenters. The molecule has 1 aliphatic rings. The maximum absolute atomic E-state index is 13.5. The predicted molar refractivity (Wildman–Crippen MR) is 170 cm³/mol. The van der Waals surface area contributed by atoms with Crippen LogP contribution >= 0.6 is 11.3 Å². The number of aliphatic hydroxyl groups is 1. The van der Waals surface area contributed by atoms with E-state index in [-0.39, 0.29) is 41.5 Å². The number of hydrogen-bond donors (Lipinski definition) is 3. The molecule has 44 heavy (non-hydrogen) atoms. The van der Waals surface area contributed by atoms with Crippen molar-refractivity contribution in [3.05, 3.63) is 70.9 Å². The molecule has 1 saturated heterocycles. The van der Waals surface area contributed by atoms with Crippen LogP contribution in [-0.2, 0) is 17.9 Å². The summed E-state index contributed by atoms with van der Waals surface area (Å²) in [6, 6.07) is 13.3. The lowest BCUT2D eigenvalue weighted by atomic mass is 9.93. The molecule has 0 spiro atoms. The first-order valence-electron chi connectivity index (χ1n) is 14.7. The van der Waals surface area contributed by atoms with Crippen molar-refractivity contribution in [1.82, 2.24) is 29.5 Å². The Bertz CT molecular complexity index is 1710. The van der Waals surface area contributed by atoms with Crippen LogP contribution in [0.1, 0.15) is 55.8 Å². The summed E-state index contributed by atoms with van der Waals surface area (Å²) in [5.41, 5.74) is 2.36. The number of carbonyl (C=O) groups excluding carboxylic acids is 2. The Morgan fingerprint density at radius 2 is 2.09 bits per heavy atom. The molecule has 1 fully saturated rings. The largest absolute Gasteiger partial charge is 0.395 e. The molecule has 4 heterocycles. The van der Waals surface area contributed by atoms with Gasteiger partial charge in [-0.2, -0.15) is 10.4 Å². The number of nitrogens with one attached hydrogen (secondary N) is 2. The van der Waals surface area contributed by atoms with Gasteiger partial charge in [-0.05, 0) is 61.1 Å². The minimum atomic E-state index is -0.311. The summed E-state index contributed by atoms with van der Waals surface area (Å²) in [7, 11) is 0. The number of nitrogens with zero attached hydrogens (tertiary/aromatic N) is 6. The number of nitriles is 1.